The number of hydrogen-bond acceptors (Lipinski definition) is 6. The molecule has 0 radical (unpaired) electrons. The van der Waals surface area contributed by atoms with Crippen molar-refractivity contribution in [3.05, 3.63) is 54.1 Å². The molecule has 168 valence electrons. The first-order valence-electron chi connectivity index (χ1n) is 10.2. The molecule has 1 aliphatic heterocycles. The topological polar surface area (TPSA) is 108 Å². The summed E-state index contributed by atoms with van der Waals surface area (Å²) in [6.45, 7) is 4.49. The largest absolute Gasteiger partial charge is 0.486 e. The summed E-state index contributed by atoms with van der Waals surface area (Å²) in [5.41, 5.74) is 0.447. The maximum atomic E-state index is 13.3. The minimum Gasteiger partial charge on any atom is -0.486 e. The molecule has 3 N–H and O–H groups in total. The molecular formula is C22H29N3O5S. The highest BCUT2D eigenvalue weighted by Crippen LogP contribution is 2.35. The number of aliphatic hydroxyl groups excluding tert-OH is 1. The SMILES string of the molecule is CNC[C@@H]1Oc2c(NS(=O)(=O)c3ccccc3)cccc2C(=O)N([C@@H](C)CO)C[C@H]1C. The maximum Gasteiger partial charge on any atom is 0.262 e. The predicted molar refractivity (Wildman–Crippen MR) is 119 cm³/mol. The van der Waals surface area contributed by atoms with Crippen LogP contribution >= 0.6 is 0 Å². The first-order chi connectivity index (χ1) is 14.8. The zero-order chi connectivity index (χ0) is 22.6. The molecule has 1 heterocycles. The van der Waals surface area contributed by atoms with Gasteiger partial charge in [-0.1, -0.05) is 31.2 Å². The van der Waals surface area contributed by atoms with Crippen LogP contribution in [0, 0.1) is 5.92 Å². The number of fused-ring (bicyclic) bond motifs is 1. The summed E-state index contributed by atoms with van der Waals surface area (Å²) in [7, 11) is -2.07. The number of sulfonamides is 1. The number of nitrogens with one attached hydrogen (secondary N) is 2. The van der Waals surface area contributed by atoms with Gasteiger partial charge in [-0.2, -0.15) is 0 Å². The summed E-state index contributed by atoms with van der Waals surface area (Å²) in [5.74, 6) is -0.182. The van der Waals surface area contributed by atoms with Crippen LogP contribution in [-0.4, -0.2) is 63.2 Å². The lowest BCUT2D eigenvalue weighted by atomic mass is 9.99. The second kappa shape index (κ2) is 9.67. The minimum absolute atomic E-state index is 0.0580. The van der Waals surface area contributed by atoms with Crippen LogP contribution in [0.2, 0.25) is 0 Å². The summed E-state index contributed by atoms with van der Waals surface area (Å²) in [6, 6.07) is 12.4. The number of carbonyl (C=O) groups excluding carboxylic acids is 1. The Kier molecular flexibility index (Phi) is 7.19. The van der Waals surface area contributed by atoms with E-state index in [0.717, 1.165) is 0 Å². The first-order valence-corrected chi connectivity index (χ1v) is 11.7. The van der Waals surface area contributed by atoms with Crippen molar-refractivity contribution in [2.45, 2.75) is 30.9 Å². The van der Waals surface area contributed by atoms with E-state index < -0.39 is 10.0 Å². The van der Waals surface area contributed by atoms with Gasteiger partial charge in [0, 0.05) is 19.0 Å². The van der Waals surface area contributed by atoms with Crippen molar-refractivity contribution in [2.75, 3.05) is 31.5 Å². The van der Waals surface area contributed by atoms with E-state index in [0.29, 0.717) is 13.1 Å². The Morgan fingerprint density at radius 1 is 1.19 bits per heavy atom. The third-order valence-electron chi connectivity index (χ3n) is 5.39. The molecule has 0 aromatic heterocycles. The molecule has 0 spiro atoms. The summed E-state index contributed by atoms with van der Waals surface area (Å²) < 4.78 is 34.6. The van der Waals surface area contributed by atoms with E-state index in [1.807, 2.05) is 6.92 Å². The van der Waals surface area contributed by atoms with E-state index >= 15 is 0 Å². The Hall–Kier alpha value is -2.62. The van der Waals surface area contributed by atoms with E-state index in [9.17, 15) is 18.3 Å². The molecule has 31 heavy (non-hydrogen) atoms. The number of likely N-dealkylation sites (N-methyl/N-ethyl adjacent to an activating group) is 1. The van der Waals surface area contributed by atoms with E-state index in [1.54, 1.807) is 55.3 Å². The number of aliphatic hydroxyl groups is 1. The van der Waals surface area contributed by atoms with Crippen LogP contribution in [0.4, 0.5) is 5.69 Å². The van der Waals surface area contributed by atoms with Gasteiger partial charge in [0.25, 0.3) is 15.9 Å². The second-order valence-electron chi connectivity index (χ2n) is 7.78. The van der Waals surface area contributed by atoms with Gasteiger partial charge in [0.2, 0.25) is 0 Å². The van der Waals surface area contributed by atoms with Gasteiger partial charge in [0.1, 0.15) is 6.10 Å². The Morgan fingerprint density at radius 2 is 1.90 bits per heavy atom. The molecule has 9 heteroatoms. The van der Waals surface area contributed by atoms with Gasteiger partial charge in [-0.3, -0.25) is 9.52 Å². The number of amides is 1. The van der Waals surface area contributed by atoms with Crippen LogP contribution < -0.4 is 14.8 Å². The maximum absolute atomic E-state index is 13.3. The highest BCUT2D eigenvalue weighted by atomic mass is 32.2. The number of anilines is 1. The smallest absolute Gasteiger partial charge is 0.262 e. The van der Waals surface area contributed by atoms with Gasteiger partial charge in [-0.25, -0.2) is 8.42 Å². The molecule has 0 saturated carbocycles. The summed E-state index contributed by atoms with van der Waals surface area (Å²) in [4.78, 5) is 15.1. The van der Waals surface area contributed by atoms with Gasteiger partial charge in [0.15, 0.2) is 5.75 Å². The standard InChI is InChI=1S/C22H29N3O5S/c1-15-13-25(16(2)14-26)22(27)18-10-7-11-19(21(18)30-20(15)12-23-3)24-31(28,29)17-8-5-4-6-9-17/h4-11,15-16,20,23-24,26H,12-14H2,1-3H3/t15-,16+,20+/m1/s1. The lowest BCUT2D eigenvalue weighted by Gasteiger charge is -2.37. The molecule has 0 aliphatic carbocycles. The quantitative estimate of drug-likeness (QED) is 0.599. The number of rotatable bonds is 7. The van der Waals surface area contributed by atoms with Crippen LogP contribution in [-0.2, 0) is 10.0 Å². The van der Waals surface area contributed by atoms with Crippen molar-refractivity contribution in [3.8, 4) is 5.75 Å². The van der Waals surface area contributed by atoms with Crippen molar-refractivity contribution in [3.63, 3.8) is 0 Å². The Balaban J connectivity index is 2.09. The van der Waals surface area contributed by atoms with Crippen molar-refractivity contribution in [2.24, 2.45) is 5.92 Å². The van der Waals surface area contributed by atoms with Crippen LogP contribution in [0.3, 0.4) is 0 Å². The molecule has 0 bridgehead atoms. The summed E-state index contributed by atoms with van der Waals surface area (Å²) in [6.07, 6.45) is -0.312. The molecule has 3 rings (SSSR count). The fraction of sp³-hybridized carbons (Fsp3) is 0.409. The second-order valence-corrected chi connectivity index (χ2v) is 9.46. The lowest BCUT2D eigenvalue weighted by Crippen LogP contribution is -2.49. The normalized spacial score (nSPS) is 20.3. The third kappa shape index (κ3) is 5.00. The van der Waals surface area contributed by atoms with Crippen molar-refractivity contribution >= 4 is 21.6 Å². The van der Waals surface area contributed by atoms with E-state index in [1.165, 1.54) is 12.1 Å². The number of nitrogens with zero attached hydrogens (tertiary/aromatic N) is 1. The van der Waals surface area contributed by atoms with Crippen molar-refractivity contribution in [1.29, 1.82) is 0 Å². The van der Waals surface area contributed by atoms with Gasteiger partial charge >= 0.3 is 0 Å². The molecule has 2 aromatic rings. The van der Waals surface area contributed by atoms with Crippen LogP contribution in [0.5, 0.6) is 5.75 Å². The molecule has 3 atom stereocenters. The highest BCUT2D eigenvalue weighted by molar-refractivity contribution is 7.92. The molecule has 2 aromatic carbocycles. The molecule has 0 fully saturated rings. The van der Waals surface area contributed by atoms with E-state index in [-0.39, 0.29) is 52.5 Å². The zero-order valence-corrected chi connectivity index (χ0v) is 18.7. The number of benzene rings is 2. The summed E-state index contributed by atoms with van der Waals surface area (Å²) in [5, 5.41) is 12.8. The Bertz CT molecular complexity index is 1010. The van der Waals surface area contributed by atoms with Crippen LogP contribution in [0.1, 0.15) is 24.2 Å². The van der Waals surface area contributed by atoms with Gasteiger partial charge in [0.05, 0.1) is 28.8 Å². The Labute approximate surface area is 183 Å². The molecule has 0 saturated heterocycles. The van der Waals surface area contributed by atoms with Crippen molar-refractivity contribution < 1.29 is 23.1 Å². The first kappa shape index (κ1) is 23.1. The van der Waals surface area contributed by atoms with Crippen LogP contribution in [0.15, 0.2) is 53.4 Å². The van der Waals surface area contributed by atoms with Gasteiger partial charge in [-0.15, -0.1) is 0 Å². The number of para-hydroxylation sites is 1. The highest BCUT2D eigenvalue weighted by Gasteiger charge is 2.34. The minimum atomic E-state index is -3.87. The fourth-order valence-electron chi connectivity index (χ4n) is 3.57. The monoisotopic (exact) mass is 447 g/mol. The van der Waals surface area contributed by atoms with Crippen molar-refractivity contribution in [1.82, 2.24) is 10.2 Å². The third-order valence-corrected chi connectivity index (χ3v) is 6.78. The van der Waals surface area contributed by atoms with E-state index in [4.69, 9.17) is 4.74 Å². The molecular weight excluding hydrogens is 418 g/mol. The predicted octanol–water partition coefficient (Wildman–Crippen LogP) is 1.93. The Morgan fingerprint density at radius 3 is 2.55 bits per heavy atom. The number of hydrogen-bond donors (Lipinski definition) is 3. The summed E-state index contributed by atoms with van der Waals surface area (Å²) >= 11 is 0. The average molecular weight is 448 g/mol. The number of carbonyl (C=O) groups is 1. The molecule has 8 nitrogen and oxygen atoms in total. The van der Waals surface area contributed by atoms with Gasteiger partial charge < -0.3 is 20.1 Å². The van der Waals surface area contributed by atoms with Gasteiger partial charge in [-0.05, 0) is 38.2 Å². The fourth-order valence-corrected chi connectivity index (χ4v) is 4.66. The zero-order valence-electron chi connectivity index (χ0n) is 17.9. The number of ether oxygens (including phenoxy) is 1. The van der Waals surface area contributed by atoms with E-state index in [2.05, 4.69) is 10.0 Å². The molecule has 1 aliphatic rings. The average Bonchev–Trinajstić information content (AvgIpc) is 2.76. The van der Waals surface area contributed by atoms with Crippen LogP contribution in [0.25, 0.3) is 0 Å². The molecule has 1 amide bonds. The lowest BCUT2D eigenvalue weighted by molar-refractivity contribution is 0.0417. The molecule has 0 unspecified atom stereocenters.